The maximum atomic E-state index is 13.2. The second kappa shape index (κ2) is 6.64. The summed E-state index contributed by atoms with van der Waals surface area (Å²) >= 11 is 0. The molecule has 0 bridgehead atoms. The summed E-state index contributed by atoms with van der Waals surface area (Å²) in [5.74, 6) is 0.182. The zero-order valence-corrected chi connectivity index (χ0v) is 16.2. The van der Waals surface area contributed by atoms with E-state index in [0.29, 0.717) is 30.7 Å². The van der Waals surface area contributed by atoms with Crippen LogP contribution in [0.1, 0.15) is 11.1 Å². The van der Waals surface area contributed by atoms with Crippen molar-refractivity contribution in [1.82, 2.24) is 23.9 Å². The third-order valence-corrected chi connectivity index (χ3v) is 6.94. The Bertz CT molecular complexity index is 1330. The first kappa shape index (κ1) is 17.8. The third-order valence-electron chi connectivity index (χ3n) is 5.13. The predicted molar refractivity (Wildman–Crippen MR) is 108 cm³/mol. The molecule has 0 saturated carbocycles. The van der Waals surface area contributed by atoms with E-state index in [1.807, 2.05) is 24.3 Å². The van der Waals surface area contributed by atoms with Crippen LogP contribution in [0.5, 0.6) is 0 Å². The van der Waals surface area contributed by atoms with Crippen LogP contribution in [-0.2, 0) is 23.0 Å². The zero-order chi connectivity index (χ0) is 20.0. The molecule has 0 fully saturated rings. The fraction of sp³-hybridized carbons (Fsp3) is 0.150. The van der Waals surface area contributed by atoms with Crippen LogP contribution in [0.4, 0.5) is 5.95 Å². The van der Waals surface area contributed by atoms with Crippen molar-refractivity contribution in [1.29, 1.82) is 0 Å². The summed E-state index contributed by atoms with van der Waals surface area (Å²) in [6, 6.07) is 13.2. The molecule has 8 nitrogen and oxygen atoms in total. The van der Waals surface area contributed by atoms with E-state index in [2.05, 4.69) is 21.1 Å². The highest BCUT2D eigenvalue weighted by Gasteiger charge is 2.28. The molecule has 5 rings (SSSR count). The molecule has 0 saturated heterocycles. The minimum absolute atomic E-state index is 0.174. The number of anilines is 1. The average molecular weight is 406 g/mol. The molecule has 0 amide bonds. The fourth-order valence-corrected chi connectivity index (χ4v) is 5.02. The number of nitrogens with zero attached hydrogens (tertiary/aromatic N) is 5. The highest BCUT2D eigenvalue weighted by atomic mass is 32.2. The van der Waals surface area contributed by atoms with Gasteiger partial charge in [-0.2, -0.15) is 9.29 Å². The zero-order valence-electron chi connectivity index (χ0n) is 15.4. The van der Waals surface area contributed by atoms with Crippen molar-refractivity contribution in [2.24, 2.45) is 0 Å². The summed E-state index contributed by atoms with van der Waals surface area (Å²) in [4.78, 5) is 8.45. The van der Waals surface area contributed by atoms with E-state index in [4.69, 9.17) is 5.73 Å². The summed E-state index contributed by atoms with van der Waals surface area (Å²) < 4.78 is 29.6. The van der Waals surface area contributed by atoms with E-state index in [1.54, 1.807) is 29.0 Å². The van der Waals surface area contributed by atoms with E-state index in [1.165, 1.54) is 16.1 Å². The van der Waals surface area contributed by atoms with Crippen molar-refractivity contribution in [3.05, 3.63) is 72.2 Å². The Kier molecular flexibility index (Phi) is 4.07. The number of sulfonamides is 1. The van der Waals surface area contributed by atoms with E-state index >= 15 is 0 Å². The van der Waals surface area contributed by atoms with Crippen molar-refractivity contribution in [3.8, 4) is 11.1 Å². The number of hydrogen-bond acceptors (Lipinski definition) is 6. The van der Waals surface area contributed by atoms with Crippen LogP contribution >= 0.6 is 0 Å². The molecule has 3 aromatic heterocycles. The van der Waals surface area contributed by atoms with Crippen LogP contribution in [0, 0.1) is 0 Å². The van der Waals surface area contributed by atoms with Gasteiger partial charge in [0.1, 0.15) is 4.90 Å². The van der Waals surface area contributed by atoms with Gasteiger partial charge in [-0.1, -0.05) is 24.3 Å². The first-order valence-electron chi connectivity index (χ1n) is 9.15. The van der Waals surface area contributed by atoms with Gasteiger partial charge in [-0.15, -0.1) is 5.10 Å². The van der Waals surface area contributed by atoms with Gasteiger partial charge < -0.3 is 5.73 Å². The molecule has 29 heavy (non-hydrogen) atoms. The van der Waals surface area contributed by atoms with Crippen LogP contribution in [0.15, 0.2) is 66.0 Å². The number of aromatic nitrogens is 4. The molecule has 1 aromatic carbocycles. The second-order valence-electron chi connectivity index (χ2n) is 6.96. The lowest BCUT2D eigenvalue weighted by Crippen LogP contribution is -2.36. The maximum absolute atomic E-state index is 13.2. The van der Waals surface area contributed by atoms with Gasteiger partial charge >= 0.3 is 0 Å². The Morgan fingerprint density at radius 3 is 2.69 bits per heavy atom. The molecule has 146 valence electrons. The fourth-order valence-electron chi connectivity index (χ4n) is 3.61. The summed E-state index contributed by atoms with van der Waals surface area (Å²) in [6.45, 7) is 0.820. The van der Waals surface area contributed by atoms with Gasteiger partial charge in [-0.3, -0.25) is 4.98 Å². The van der Waals surface area contributed by atoms with Crippen molar-refractivity contribution in [3.63, 3.8) is 0 Å². The minimum atomic E-state index is -3.66. The van der Waals surface area contributed by atoms with Crippen LogP contribution in [0.3, 0.4) is 0 Å². The Morgan fingerprint density at radius 1 is 1.00 bits per heavy atom. The third kappa shape index (κ3) is 3.14. The van der Waals surface area contributed by atoms with Crippen molar-refractivity contribution in [2.45, 2.75) is 17.9 Å². The average Bonchev–Trinajstić information content (AvgIpc) is 3.12. The number of pyridine rings is 2. The maximum Gasteiger partial charge on any atom is 0.244 e. The predicted octanol–water partition coefficient (Wildman–Crippen LogP) is 2.12. The van der Waals surface area contributed by atoms with Crippen LogP contribution in [-0.4, -0.2) is 38.8 Å². The number of nitrogens with two attached hydrogens (primary N) is 1. The van der Waals surface area contributed by atoms with E-state index in [9.17, 15) is 8.42 Å². The van der Waals surface area contributed by atoms with Crippen LogP contribution < -0.4 is 5.73 Å². The minimum Gasteiger partial charge on any atom is -0.366 e. The molecule has 1 aliphatic rings. The first-order valence-corrected chi connectivity index (χ1v) is 10.6. The summed E-state index contributed by atoms with van der Waals surface area (Å²) in [6.07, 6.45) is 5.48. The number of fused-ring (bicyclic) bond motifs is 2. The monoisotopic (exact) mass is 406 g/mol. The Balaban J connectivity index is 1.50. The lowest BCUT2D eigenvalue weighted by molar-refractivity contribution is 0.391. The first-order chi connectivity index (χ1) is 14.0. The van der Waals surface area contributed by atoms with Crippen molar-refractivity contribution >= 4 is 21.6 Å². The molecule has 4 heterocycles. The van der Waals surface area contributed by atoms with Crippen LogP contribution in [0.2, 0.25) is 0 Å². The molecule has 2 N–H and O–H groups in total. The number of rotatable bonds is 3. The molecule has 4 aromatic rings. The quantitative estimate of drug-likeness (QED) is 0.559. The van der Waals surface area contributed by atoms with Crippen molar-refractivity contribution < 1.29 is 8.42 Å². The Hall–Kier alpha value is -3.30. The van der Waals surface area contributed by atoms with Gasteiger partial charge in [0.25, 0.3) is 0 Å². The summed E-state index contributed by atoms with van der Waals surface area (Å²) in [5.41, 5.74) is 9.95. The molecule has 9 heteroatoms. The SMILES string of the molecule is Nc1nc2ccc(-c3cncc(S(=O)(=O)N4CCc5ccccc5C4)c3)cn2n1. The lowest BCUT2D eigenvalue weighted by atomic mass is 10.0. The van der Waals surface area contributed by atoms with Crippen molar-refractivity contribution in [2.75, 3.05) is 12.3 Å². The van der Waals surface area contributed by atoms with Gasteiger partial charge in [-0.25, -0.2) is 12.9 Å². The standard InChI is InChI=1S/C20H18N6O2S/c21-20-23-19-6-5-16(13-26(19)24-20)17-9-18(11-22-10-17)29(27,28)25-8-7-14-3-1-2-4-15(14)12-25/h1-6,9-11,13H,7-8,12H2,(H2,21,24). The van der Waals surface area contributed by atoms with E-state index in [0.717, 1.165) is 11.1 Å². The molecule has 0 atom stereocenters. The van der Waals surface area contributed by atoms with E-state index < -0.39 is 10.0 Å². The van der Waals surface area contributed by atoms with Gasteiger partial charge in [0.2, 0.25) is 16.0 Å². The molecule has 0 radical (unpaired) electrons. The summed E-state index contributed by atoms with van der Waals surface area (Å²) in [5, 5.41) is 4.10. The van der Waals surface area contributed by atoms with Gasteiger partial charge in [0, 0.05) is 42.8 Å². The van der Waals surface area contributed by atoms with E-state index in [-0.39, 0.29) is 10.8 Å². The topological polar surface area (TPSA) is 106 Å². The smallest absolute Gasteiger partial charge is 0.244 e. The molecule has 0 spiro atoms. The van der Waals surface area contributed by atoms with Gasteiger partial charge in [-0.05, 0) is 35.7 Å². The Labute approximate surface area is 167 Å². The molecule has 0 unspecified atom stereocenters. The second-order valence-corrected chi connectivity index (χ2v) is 8.90. The van der Waals surface area contributed by atoms with Gasteiger partial charge in [0.05, 0.1) is 0 Å². The highest BCUT2D eigenvalue weighted by Crippen LogP contribution is 2.27. The number of benzene rings is 1. The normalized spacial score (nSPS) is 14.8. The number of nitrogen functional groups attached to an aromatic ring is 1. The molecule has 0 aliphatic carbocycles. The van der Waals surface area contributed by atoms with Gasteiger partial charge in [0.15, 0.2) is 5.65 Å². The number of hydrogen-bond donors (Lipinski definition) is 1. The lowest BCUT2D eigenvalue weighted by Gasteiger charge is -2.28. The highest BCUT2D eigenvalue weighted by molar-refractivity contribution is 7.89. The molecule has 1 aliphatic heterocycles. The Morgan fingerprint density at radius 2 is 1.83 bits per heavy atom. The largest absolute Gasteiger partial charge is 0.366 e. The molecular formula is C20H18N6O2S. The van der Waals surface area contributed by atoms with Crippen LogP contribution in [0.25, 0.3) is 16.8 Å². The summed E-state index contributed by atoms with van der Waals surface area (Å²) in [7, 11) is -3.66. The molecular weight excluding hydrogens is 388 g/mol.